The van der Waals surface area contributed by atoms with Crippen LogP contribution in [-0.4, -0.2) is 30.2 Å². The SMILES string of the molecule is CCOP(=O)(CCC1c2ccccc2C(=O)N1Cc1ccccc1)OCC. The zero-order chi connectivity index (χ0) is 19.3. The molecule has 144 valence electrons. The van der Waals surface area contributed by atoms with E-state index in [1.54, 1.807) is 0 Å². The van der Waals surface area contributed by atoms with E-state index in [2.05, 4.69) is 0 Å². The quantitative estimate of drug-likeness (QED) is 0.566. The molecular formula is C21H26NO4P. The van der Waals surface area contributed by atoms with E-state index in [9.17, 15) is 9.36 Å². The van der Waals surface area contributed by atoms with Gasteiger partial charge >= 0.3 is 7.60 Å². The van der Waals surface area contributed by atoms with Crippen LogP contribution in [-0.2, 0) is 20.2 Å². The molecule has 1 atom stereocenters. The van der Waals surface area contributed by atoms with Crippen molar-refractivity contribution in [2.75, 3.05) is 19.4 Å². The lowest BCUT2D eigenvalue weighted by molar-refractivity contribution is 0.0704. The van der Waals surface area contributed by atoms with E-state index in [4.69, 9.17) is 9.05 Å². The van der Waals surface area contributed by atoms with Gasteiger partial charge in [-0.2, -0.15) is 0 Å². The molecule has 0 saturated carbocycles. The molecule has 0 aromatic heterocycles. The van der Waals surface area contributed by atoms with E-state index in [-0.39, 0.29) is 18.1 Å². The predicted molar refractivity (Wildman–Crippen MR) is 106 cm³/mol. The summed E-state index contributed by atoms with van der Waals surface area (Å²) in [5.74, 6) is 0.0158. The minimum atomic E-state index is -3.15. The summed E-state index contributed by atoms with van der Waals surface area (Å²) in [6, 6.07) is 17.4. The van der Waals surface area contributed by atoms with Crippen molar-refractivity contribution in [3.05, 3.63) is 71.3 Å². The molecule has 1 aliphatic heterocycles. The maximum absolute atomic E-state index is 13.0. The zero-order valence-electron chi connectivity index (χ0n) is 15.8. The van der Waals surface area contributed by atoms with Crippen LogP contribution in [0.15, 0.2) is 54.6 Å². The third-order valence-electron chi connectivity index (χ3n) is 4.71. The van der Waals surface area contributed by atoms with Crippen molar-refractivity contribution in [2.45, 2.75) is 32.9 Å². The molecule has 1 amide bonds. The van der Waals surface area contributed by atoms with Gasteiger partial charge in [0.15, 0.2) is 0 Å². The van der Waals surface area contributed by atoms with Crippen molar-refractivity contribution < 1.29 is 18.4 Å². The van der Waals surface area contributed by atoms with Crippen LogP contribution in [0.3, 0.4) is 0 Å². The standard InChI is InChI=1S/C21H26NO4P/c1-3-25-27(24,26-4-2)15-14-20-18-12-8-9-13-19(18)21(23)22(20)16-17-10-6-5-7-11-17/h5-13,20H,3-4,14-16H2,1-2H3. The summed E-state index contributed by atoms with van der Waals surface area (Å²) in [5.41, 5.74) is 2.78. The Balaban J connectivity index is 1.84. The fraction of sp³-hybridized carbons (Fsp3) is 0.381. The van der Waals surface area contributed by atoms with Crippen molar-refractivity contribution in [1.82, 2.24) is 4.90 Å². The molecule has 3 rings (SSSR count). The molecule has 0 spiro atoms. The molecule has 0 saturated heterocycles. The topological polar surface area (TPSA) is 55.8 Å². The molecule has 1 heterocycles. The summed E-state index contributed by atoms with van der Waals surface area (Å²) >= 11 is 0. The first-order valence-electron chi connectivity index (χ1n) is 9.40. The maximum atomic E-state index is 13.0. The second-order valence-electron chi connectivity index (χ2n) is 6.48. The molecule has 2 aromatic rings. The van der Waals surface area contributed by atoms with E-state index in [1.807, 2.05) is 73.3 Å². The third-order valence-corrected chi connectivity index (χ3v) is 6.82. The summed E-state index contributed by atoms with van der Waals surface area (Å²) in [7, 11) is -3.15. The number of rotatable bonds is 9. The maximum Gasteiger partial charge on any atom is 0.330 e. The van der Waals surface area contributed by atoms with Gasteiger partial charge in [-0.3, -0.25) is 9.36 Å². The van der Waals surface area contributed by atoms with E-state index in [0.717, 1.165) is 16.7 Å². The van der Waals surface area contributed by atoms with Crippen molar-refractivity contribution >= 4 is 13.5 Å². The predicted octanol–water partition coefficient (Wildman–Crippen LogP) is 5.04. The van der Waals surface area contributed by atoms with Gasteiger partial charge in [0.25, 0.3) is 5.91 Å². The van der Waals surface area contributed by atoms with Crippen LogP contribution in [0.2, 0.25) is 0 Å². The van der Waals surface area contributed by atoms with Gasteiger partial charge in [0.1, 0.15) is 0 Å². The number of carbonyl (C=O) groups is 1. The van der Waals surface area contributed by atoms with Crippen LogP contribution in [0.25, 0.3) is 0 Å². The van der Waals surface area contributed by atoms with E-state index < -0.39 is 7.60 Å². The molecule has 27 heavy (non-hydrogen) atoms. The Morgan fingerprint density at radius 1 is 0.963 bits per heavy atom. The average Bonchev–Trinajstić information content (AvgIpc) is 2.93. The molecule has 5 nitrogen and oxygen atoms in total. The highest BCUT2D eigenvalue weighted by Crippen LogP contribution is 2.51. The van der Waals surface area contributed by atoms with Crippen LogP contribution in [0.1, 0.15) is 47.8 Å². The Bertz CT molecular complexity index is 814. The van der Waals surface area contributed by atoms with Crippen LogP contribution in [0, 0.1) is 0 Å². The number of benzene rings is 2. The smallest absolute Gasteiger partial charge is 0.327 e. The monoisotopic (exact) mass is 387 g/mol. The Morgan fingerprint density at radius 3 is 2.26 bits per heavy atom. The molecule has 1 aliphatic rings. The molecule has 0 fully saturated rings. The van der Waals surface area contributed by atoms with Crippen LogP contribution >= 0.6 is 7.60 Å². The number of fused-ring (bicyclic) bond motifs is 1. The molecule has 0 aliphatic carbocycles. The van der Waals surface area contributed by atoms with Crippen molar-refractivity contribution in [2.24, 2.45) is 0 Å². The van der Waals surface area contributed by atoms with Crippen molar-refractivity contribution in [1.29, 1.82) is 0 Å². The Morgan fingerprint density at radius 2 is 1.59 bits per heavy atom. The molecule has 0 radical (unpaired) electrons. The number of hydrogen-bond donors (Lipinski definition) is 0. The molecule has 6 heteroatoms. The minimum Gasteiger partial charge on any atom is -0.327 e. The largest absolute Gasteiger partial charge is 0.330 e. The molecule has 0 N–H and O–H groups in total. The van der Waals surface area contributed by atoms with E-state index >= 15 is 0 Å². The highest BCUT2D eigenvalue weighted by atomic mass is 31.2. The van der Waals surface area contributed by atoms with Crippen molar-refractivity contribution in [3.63, 3.8) is 0 Å². The van der Waals surface area contributed by atoms with Gasteiger partial charge in [-0.1, -0.05) is 48.5 Å². The van der Waals surface area contributed by atoms with E-state index in [0.29, 0.717) is 26.2 Å². The highest BCUT2D eigenvalue weighted by molar-refractivity contribution is 7.53. The summed E-state index contributed by atoms with van der Waals surface area (Å²) in [5, 5.41) is 0. The summed E-state index contributed by atoms with van der Waals surface area (Å²) in [6.45, 7) is 4.81. The van der Waals surface area contributed by atoms with Crippen molar-refractivity contribution in [3.8, 4) is 0 Å². The lowest BCUT2D eigenvalue weighted by Crippen LogP contribution is -2.28. The summed E-state index contributed by atoms with van der Waals surface area (Å²) in [6.07, 6.45) is 0.819. The van der Waals surface area contributed by atoms with Gasteiger partial charge in [0.2, 0.25) is 0 Å². The van der Waals surface area contributed by atoms with Crippen LogP contribution in [0.5, 0.6) is 0 Å². The lowest BCUT2D eigenvalue weighted by atomic mass is 10.0. The van der Waals surface area contributed by atoms with Gasteiger partial charge in [-0.05, 0) is 37.5 Å². The number of nitrogens with zero attached hydrogens (tertiary/aromatic N) is 1. The summed E-state index contributed by atoms with van der Waals surface area (Å²) < 4.78 is 23.7. The van der Waals surface area contributed by atoms with Gasteiger partial charge in [0, 0.05) is 12.1 Å². The molecule has 1 unspecified atom stereocenters. The lowest BCUT2D eigenvalue weighted by Gasteiger charge is -2.27. The minimum absolute atomic E-state index is 0.0158. The first kappa shape index (κ1) is 19.8. The average molecular weight is 387 g/mol. The fourth-order valence-electron chi connectivity index (χ4n) is 3.56. The first-order chi connectivity index (χ1) is 13.1. The Kier molecular flexibility index (Phi) is 6.48. The van der Waals surface area contributed by atoms with Gasteiger partial charge in [-0.15, -0.1) is 0 Å². The Labute approximate surface area is 160 Å². The molecule has 0 bridgehead atoms. The van der Waals surface area contributed by atoms with E-state index in [1.165, 1.54) is 0 Å². The molecular weight excluding hydrogens is 361 g/mol. The second kappa shape index (κ2) is 8.83. The van der Waals surface area contributed by atoms with Gasteiger partial charge < -0.3 is 13.9 Å². The zero-order valence-corrected chi connectivity index (χ0v) is 16.7. The van der Waals surface area contributed by atoms with Crippen LogP contribution in [0.4, 0.5) is 0 Å². The first-order valence-corrected chi connectivity index (χ1v) is 11.1. The number of amides is 1. The Hall–Kier alpha value is -1.94. The third kappa shape index (κ3) is 4.49. The summed E-state index contributed by atoms with van der Waals surface area (Å²) in [4.78, 5) is 14.8. The molecule has 2 aromatic carbocycles. The normalized spacial score (nSPS) is 16.6. The second-order valence-corrected chi connectivity index (χ2v) is 8.67. The fourth-order valence-corrected chi connectivity index (χ4v) is 5.24. The number of carbonyl (C=O) groups excluding carboxylic acids is 1. The van der Waals surface area contributed by atoms with Crippen LogP contribution < -0.4 is 0 Å². The highest BCUT2D eigenvalue weighted by Gasteiger charge is 2.38. The van der Waals surface area contributed by atoms with Gasteiger partial charge in [0.05, 0.1) is 25.4 Å². The van der Waals surface area contributed by atoms with Gasteiger partial charge in [-0.25, -0.2) is 0 Å². The number of hydrogen-bond acceptors (Lipinski definition) is 4.